The first-order valence-corrected chi connectivity index (χ1v) is 17.2. The Morgan fingerprint density at radius 2 is 1.84 bits per heavy atom. The van der Waals surface area contributed by atoms with Crippen molar-refractivity contribution in [1.82, 2.24) is 10.6 Å². The second kappa shape index (κ2) is 13.7. The third kappa shape index (κ3) is 11.1. The van der Waals surface area contributed by atoms with Crippen molar-refractivity contribution in [3.63, 3.8) is 0 Å². The van der Waals surface area contributed by atoms with E-state index in [2.05, 4.69) is 30.3 Å². The molecule has 0 spiro atoms. The Morgan fingerprint density at radius 1 is 1.16 bits per heavy atom. The number of hydrogen-bond acceptors (Lipinski definition) is 7. The maximum Gasteiger partial charge on any atom is 0.408 e. The summed E-state index contributed by atoms with van der Waals surface area (Å²) in [6, 6.07) is -0.128. The lowest BCUT2D eigenvalue weighted by molar-refractivity contribution is -0.145. The van der Waals surface area contributed by atoms with Crippen LogP contribution in [0.1, 0.15) is 52.9 Å². The lowest BCUT2D eigenvalue weighted by atomic mass is 9.77. The van der Waals surface area contributed by atoms with E-state index in [1.54, 1.807) is 20.8 Å². The van der Waals surface area contributed by atoms with Gasteiger partial charge in [0.1, 0.15) is 11.6 Å². The zero-order valence-electron chi connectivity index (χ0n) is 23.0. The predicted octanol–water partition coefficient (Wildman–Crippen LogP) is 4.28. The Morgan fingerprint density at radius 3 is 2.46 bits per heavy atom. The van der Waals surface area contributed by atoms with Crippen molar-refractivity contribution in [1.29, 1.82) is 0 Å². The van der Waals surface area contributed by atoms with Crippen LogP contribution < -0.4 is 10.6 Å². The van der Waals surface area contributed by atoms with Crippen LogP contribution in [0.3, 0.4) is 0 Å². The molecular weight excluding hydrogens is 512 g/mol. The number of ether oxygens (including phenoxy) is 3. The summed E-state index contributed by atoms with van der Waals surface area (Å²) in [5, 5.41) is 14.6. The largest absolute Gasteiger partial charge is 0.481 e. The van der Waals surface area contributed by atoms with Crippen LogP contribution in [0.4, 0.5) is 4.79 Å². The minimum Gasteiger partial charge on any atom is -0.481 e. The number of aliphatic carboxylic acids is 1. The molecule has 0 aromatic heterocycles. The molecule has 11 heteroatoms. The number of nitrogens with one attached hydrogen (secondary N) is 2. The zero-order chi connectivity index (χ0) is 27.8. The zero-order valence-corrected chi connectivity index (χ0v) is 24.8. The summed E-state index contributed by atoms with van der Waals surface area (Å²) in [6.07, 6.45) is 6.57. The fourth-order valence-electron chi connectivity index (χ4n) is 4.54. The Bertz CT molecular complexity index is 853. The number of carboxylic acid groups (broad SMARTS) is 1. The molecule has 3 N–H and O–H groups in total. The third-order valence-electron chi connectivity index (χ3n) is 6.38. The quantitative estimate of drug-likeness (QED) is 0.132. The molecule has 2 aliphatic heterocycles. The molecule has 0 aromatic rings. The summed E-state index contributed by atoms with van der Waals surface area (Å²) in [6.45, 7) is 12.3. The van der Waals surface area contributed by atoms with Crippen molar-refractivity contribution in [2.24, 2.45) is 11.8 Å². The van der Waals surface area contributed by atoms with Crippen molar-refractivity contribution in [2.75, 3.05) is 13.2 Å². The third-order valence-corrected chi connectivity index (χ3v) is 8.50. The molecule has 1 amide bonds. The molecule has 2 fully saturated rings. The van der Waals surface area contributed by atoms with Gasteiger partial charge in [-0.1, -0.05) is 44.0 Å². The van der Waals surface area contributed by atoms with Gasteiger partial charge in [0.15, 0.2) is 0 Å². The average Bonchev–Trinajstić information content (AvgIpc) is 3.35. The molecule has 0 radical (unpaired) electrons. The molecule has 1 unspecified atom stereocenters. The maximum atomic E-state index is 12.9. The van der Waals surface area contributed by atoms with Crippen molar-refractivity contribution < 1.29 is 33.7 Å². The number of allylic oxidation sites excluding steroid dienone is 2. The molecule has 2 aliphatic rings. The fraction of sp³-hybridized carbons (Fsp3) is 0.769. The second-order valence-electron chi connectivity index (χ2n) is 12.0. The van der Waals surface area contributed by atoms with Gasteiger partial charge in [0.05, 0.1) is 23.8 Å². The summed E-state index contributed by atoms with van der Waals surface area (Å²) in [5.74, 6) is -1.17. The SMILES string of the molecule is CC(C)(C)OC(=O)NC(CNC(=S)[C@H]1[C@@H](C/C=C\CCC(=O)O)[C@@H]2CC[C@H]1O2)C(=O)OCC[Si](C)(C)C. The average molecular weight is 557 g/mol. The number of carbonyl (C=O) groups is 3. The highest BCUT2D eigenvalue weighted by molar-refractivity contribution is 7.80. The van der Waals surface area contributed by atoms with Crippen LogP contribution >= 0.6 is 12.2 Å². The van der Waals surface area contributed by atoms with Crippen molar-refractivity contribution in [3.8, 4) is 0 Å². The topological polar surface area (TPSA) is 123 Å². The number of rotatable bonds is 13. The highest BCUT2D eigenvalue weighted by Crippen LogP contribution is 2.45. The molecule has 0 aliphatic carbocycles. The highest BCUT2D eigenvalue weighted by atomic mass is 32.1. The smallest absolute Gasteiger partial charge is 0.408 e. The number of alkyl carbamates (subject to hydrolysis) is 1. The van der Waals surface area contributed by atoms with E-state index in [-0.39, 0.29) is 37.0 Å². The van der Waals surface area contributed by atoms with E-state index >= 15 is 0 Å². The summed E-state index contributed by atoms with van der Waals surface area (Å²) in [5.41, 5.74) is -0.704. The minimum atomic E-state index is -1.39. The van der Waals surface area contributed by atoms with Gasteiger partial charge in [-0.3, -0.25) is 4.79 Å². The highest BCUT2D eigenvalue weighted by Gasteiger charge is 2.50. The van der Waals surface area contributed by atoms with Crippen LogP contribution in [-0.2, 0) is 23.8 Å². The van der Waals surface area contributed by atoms with Crippen LogP contribution in [0.25, 0.3) is 0 Å². The summed E-state index contributed by atoms with van der Waals surface area (Å²) in [7, 11) is -1.39. The molecule has 5 atom stereocenters. The first kappa shape index (κ1) is 31.2. The summed E-state index contributed by atoms with van der Waals surface area (Å²) < 4.78 is 17.0. The van der Waals surface area contributed by atoms with E-state index in [1.807, 2.05) is 12.2 Å². The van der Waals surface area contributed by atoms with Gasteiger partial charge in [-0.2, -0.15) is 0 Å². The molecule has 0 saturated carbocycles. The van der Waals surface area contributed by atoms with E-state index in [4.69, 9.17) is 31.5 Å². The normalized spacial score (nSPS) is 24.1. The first-order valence-electron chi connectivity index (χ1n) is 13.1. The standard InChI is InChI=1S/C26H44N2O7SSi/c1-26(2,3)35-25(32)28-18(24(31)33-14-15-37(4,5)6)16-27-23(36)22-17(19-12-13-20(22)34-19)10-8-7-9-11-21(29)30/h7-8,17-20,22H,9-16H2,1-6H3,(H,27,36)(H,28,32)(H,29,30)/b8-7-/t17-,18?,19-,20+,22-/m0/s1. The molecular formula is C26H44N2O7SSi. The van der Waals surface area contributed by atoms with Crippen LogP contribution in [0.15, 0.2) is 12.2 Å². The van der Waals surface area contributed by atoms with Gasteiger partial charge < -0.3 is 30.0 Å². The monoisotopic (exact) mass is 556 g/mol. The number of amides is 1. The van der Waals surface area contributed by atoms with E-state index < -0.39 is 37.7 Å². The lowest BCUT2D eigenvalue weighted by Crippen LogP contribution is -2.52. The Kier molecular flexibility index (Phi) is 11.6. The summed E-state index contributed by atoms with van der Waals surface area (Å²) >= 11 is 5.75. The maximum absolute atomic E-state index is 12.9. The molecule has 2 rings (SSSR count). The number of carboxylic acids is 1. The van der Waals surface area contributed by atoms with Crippen molar-refractivity contribution >= 4 is 43.3 Å². The number of esters is 1. The molecule has 37 heavy (non-hydrogen) atoms. The number of hydrogen-bond donors (Lipinski definition) is 3. The van der Waals surface area contributed by atoms with Crippen LogP contribution in [0.2, 0.25) is 25.7 Å². The van der Waals surface area contributed by atoms with E-state index in [1.165, 1.54) is 0 Å². The Labute approximate surface area is 227 Å². The molecule has 210 valence electrons. The molecule has 9 nitrogen and oxygen atoms in total. The minimum absolute atomic E-state index is 0.0111. The van der Waals surface area contributed by atoms with Gasteiger partial charge in [-0.15, -0.1) is 0 Å². The summed E-state index contributed by atoms with van der Waals surface area (Å²) in [4.78, 5) is 36.6. The van der Waals surface area contributed by atoms with Crippen LogP contribution in [0.5, 0.6) is 0 Å². The predicted molar refractivity (Wildman–Crippen MR) is 148 cm³/mol. The van der Waals surface area contributed by atoms with E-state index in [9.17, 15) is 14.4 Å². The van der Waals surface area contributed by atoms with Crippen LogP contribution in [-0.4, -0.2) is 73.2 Å². The molecule has 0 aromatic carbocycles. The van der Waals surface area contributed by atoms with Gasteiger partial charge in [0, 0.05) is 32.9 Å². The van der Waals surface area contributed by atoms with Gasteiger partial charge in [0.25, 0.3) is 0 Å². The molecule has 2 bridgehead atoms. The number of thiocarbonyl (C=S) groups is 1. The fourth-order valence-corrected chi connectivity index (χ4v) is 5.66. The van der Waals surface area contributed by atoms with Gasteiger partial charge in [-0.05, 0) is 52.5 Å². The van der Waals surface area contributed by atoms with Gasteiger partial charge >= 0.3 is 18.0 Å². The molecule has 2 heterocycles. The molecule has 2 saturated heterocycles. The Balaban J connectivity index is 2.00. The van der Waals surface area contributed by atoms with Gasteiger partial charge in [0.2, 0.25) is 0 Å². The van der Waals surface area contributed by atoms with Crippen molar-refractivity contribution in [3.05, 3.63) is 12.2 Å². The van der Waals surface area contributed by atoms with Crippen molar-refractivity contribution in [2.45, 2.75) is 102 Å². The van der Waals surface area contributed by atoms with E-state index in [0.29, 0.717) is 18.0 Å². The van der Waals surface area contributed by atoms with Crippen LogP contribution in [0, 0.1) is 11.8 Å². The van der Waals surface area contributed by atoms with Gasteiger partial charge in [-0.25, -0.2) is 9.59 Å². The lowest BCUT2D eigenvalue weighted by Gasteiger charge is -2.29. The van der Waals surface area contributed by atoms with E-state index in [0.717, 1.165) is 25.3 Å². The first-order chi connectivity index (χ1) is 17.2. The second-order valence-corrected chi connectivity index (χ2v) is 18.1. The number of carbonyl (C=O) groups excluding carboxylic acids is 2. The Hall–Kier alpha value is -1.98. The number of fused-ring (bicyclic) bond motifs is 2.